The zero-order chi connectivity index (χ0) is 13.7. The first-order valence-electron chi connectivity index (χ1n) is 5.50. The van der Waals surface area contributed by atoms with Crippen LogP contribution in [0.2, 0.25) is 5.02 Å². The van der Waals surface area contributed by atoms with Gasteiger partial charge in [-0.15, -0.1) is 0 Å². The van der Waals surface area contributed by atoms with Crippen LogP contribution in [0.5, 0.6) is 0 Å². The predicted octanol–water partition coefficient (Wildman–Crippen LogP) is 1.04. The van der Waals surface area contributed by atoms with E-state index in [0.29, 0.717) is 18.0 Å². The van der Waals surface area contributed by atoms with Crippen LogP contribution in [-0.4, -0.2) is 41.0 Å². The van der Waals surface area contributed by atoms with Crippen molar-refractivity contribution >= 4 is 17.6 Å². The molecule has 100 valence electrons. The lowest BCUT2D eigenvalue weighted by Gasteiger charge is -2.19. The number of nitrogens with one attached hydrogen (secondary N) is 1. The third kappa shape index (κ3) is 3.68. The lowest BCUT2D eigenvalue weighted by molar-refractivity contribution is 0.0131. The zero-order valence-corrected chi connectivity index (χ0v) is 10.7. The Morgan fingerprint density at radius 1 is 1.44 bits per heavy atom. The van der Waals surface area contributed by atoms with E-state index in [1.807, 2.05) is 0 Å². The molecule has 2 atom stereocenters. The molecule has 1 aromatic carbocycles. The number of carboxylic acid groups (broad SMARTS) is 1. The molecule has 0 heterocycles. The number of aliphatic hydroxyl groups excluding tert-OH is 2. The van der Waals surface area contributed by atoms with Crippen molar-refractivity contribution in [2.24, 2.45) is 0 Å². The van der Waals surface area contributed by atoms with E-state index in [1.54, 1.807) is 7.05 Å². The summed E-state index contributed by atoms with van der Waals surface area (Å²) >= 11 is 5.78. The maximum atomic E-state index is 11.0. The highest BCUT2D eigenvalue weighted by Gasteiger charge is 2.23. The minimum Gasteiger partial charge on any atom is -0.478 e. The van der Waals surface area contributed by atoms with Crippen molar-refractivity contribution in [1.29, 1.82) is 0 Å². The molecule has 0 saturated carbocycles. The van der Waals surface area contributed by atoms with Crippen molar-refractivity contribution in [3.8, 4) is 0 Å². The number of rotatable bonds is 6. The summed E-state index contributed by atoms with van der Waals surface area (Å²) in [6.07, 6.45) is -2.01. The Morgan fingerprint density at radius 2 is 2.11 bits per heavy atom. The molecular formula is C12H16ClNO4. The molecule has 0 aliphatic carbocycles. The van der Waals surface area contributed by atoms with E-state index in [4.69, 9.17) is 16.7 Å². The molecular weight excluding hydrogens is 258 g/mol. The van der Waals surface area contributed by atoms with Gasteiger partial charge in [-0.1, -0.05) is 11.6 Å². The number of carboxylic acids is 1. The van der Waals surface area contributed by atoms with E-state index in [0.717, 1.165) is 0 Å². The molecule has 4 N–H and O–H groups in total. The lowest BCUT2D eigenvalue weighted by atomic mass is 9.97. The standard InChI is InChI=1S/C12H16ClNO4/c1-14-5-4-10(15)11(16)9-6-7(13)2-3-8(9)12(17)18/h2-3,6,10-11,14-16H,4-5H2,1H3,(H,17,18). The van der Waals surface area contributed by atoms with Gasteiger partial charge in [-0.2, -0.15) is 0 Å². The SMILES string of the molecule is CNCCC(O)C(O)c1cc(Cl)ccc1C(=O)O. The summed E-state index contributed by atoms with van der Waals surface area (Å²) in [7, 11) is 1.72. The van der Waals surface area contributed by atoms with Crippen LogP contribution in [0.3, 0.4) is 0 Å². The molecule has 0 bridgehead atoms. The van der Waals surface area contributed by atoms with Gasteiger partial charge in [-0.25, -0.2) is 4.79 Å². The van der Waals surface area contributed by atoms with Crippen molar-refractivity contribution in [1.82, 2.24) is 5.32 Å². The van der Waals surface area contributed by atoms with Crippen LogP contribution >= 0.6 is 11.6 Å². The van der Waals surface area contributed by atoms with Gasteiger partial charge in [0.25, 0.3) is 0 Å². The summed E-state index contributed by atoms with van der Waals surface area (Å²) in [4.78, 5) is 11.0. The molecule has 0 aliphatic rings. The molecule has 0 amide bonds. The van der Waals surface area contributed by atoms with Crippen molar-refractivity contribution in [2.45, 2.75) is 18.6 Å². The second-order valence-corrected chi connectivity index (χ2v) is 4.38. The number of hydrogen-bond acceptors (Lipinski definition) is 4. The van der Waals surface area contributed by atoms with Crippen LogP contribution in [0.25, 0.3) is 0 Å². The van der Waals surface area contributed by atoms with Gasteiger partial charge in [0.1, 0.15) is 6.10 Å². The molecule has 1 aromatic rings. The molecule has 1 rings (SSSR count). The van der Waals surface area contributed by atoms with E-state index in [2.05, 4.69) is 5.32 Å². The Labute approximate surface area is 110 Å². The Balaban J connectivity index is 2.99. The number of carbonyl (C=O) groups is 1. The number of hydrogen-bond donors (Lipinski definition) is 4. The van der Waals surface area contributed by atoms with Crippen molar-refractivity contribution < 1.29 is 20.1 Å². The van der Waals surface area contributed by atoms with Gasteiger partial charge in [-0.05, 0) is 43.8 Å². The van der Waals surface area contributed by atoms with Crippen LogP contribution in [0, 0.1) is 0 Å². The largest absolute Gasteiger partial charge is 0.478 e. The Kier molecular flexibility index (Phi) is 5.55. The van der Waals surface area contributed by atoms with Crippen LogP contribution < -0.4 is 5.32 Å². The van der Waals surface area contributed by atoms with Crippen molar-refractivity contribution in [3.05, 3.63) is 34.3 Å². The van der Waals surface area contributed by atoms with E-state index in [-0.39, 0.29) is 11.1 Å². The van der Waals surface area contributed by atoms with Gasteiger partial charge in [0.2, 0.25) is 0 Å². The Hall–Kier alpha value is -1.14. The normalized spacial score (nSPS) is 14.2. The van der Waals surface area contributed by atoms with Gasteiger partial charge in [0.05, 0.1) is 11.7 Å². The van der Waals surface area contributed by atoms with E-state index < -0.39 is 18.2 Å². The van der Waals surface area contributed by atoms with Gasteiger partial charge in [0.15, 0.2) is 0 Å². The topological polar surface area (TPSA) is 89.8 Å². The molecule has 0 radical (unpaired) electrons. The molecule has 0 saturated heterocycles. The van der Waals surface area contributed by atoms with E-state index in [9.17, 15) is 15.0 Å². The minimum atomic E-state index is -1.27. The highest BCUT2D eigenvalue weighted by atomic mass is 35.5. The van der Waals surface area contributed by atoms with Crippen molar-refractivity contribution in [2.75, 3.05) is 13.6 Å². The average Bonchev–Trinajstić information content (AvgIpc) is 2.34. The molecule has 6 heteroatoms. The summed E-state index contributed by atoms with van der Waals surface area (Å²) in [5.74, 6) is -1.17. The fourth-order valence-electron chi connectivity index (χ4n) is 1.63. The fraction of sp³-hybridized carbons (Fsp3) is 0.417. The van der Waals surface area contributed by atoms with Crippen LogP contribution in [0.4, 0.5) is 0 Å². The number of aliphatic hydroxyl groups is 2. The molecule has 0 spiro atoms. The highest BCUT2D eigenvalue weighted by molar-refractivity contribution is 6.30. The van der Waals surface area contributed by atoms with E-state index in [1.165, 1.54) is 18.2 Å². The van der Waals surface area contributed by atoms with Gasteiger partial charge in [-0.3, -0.25) is 0 Å². The molecule has 0 aliphatic heterocycles. The fourth-order valence-corrected chi connectivity index (χ4v) is 1.81. The third-order valence-electron chi connectivity index (χ3n) is 2.62. The van der Waals surface area contributed by atoms with Gasteiger partial charge in [0, 0.05) is 5.02 Å². The maximum Gasteiger partial charge on any atom is 0.336 e. The number of benzene rings is 1. The third-order valence-corrected chi connectivity index (χ3v) is 2.85. The first-order chi connectivity index (χ1) is 8.47. The molecule has 0 fully saturated rings. The predicted molar refractivity (Wildman–Crippen MR) is 67.9 cm³/mol. The Bertz CT molecular complexity index is 425. The average molecular weight is 274 g/mol. The van der Waals surface area contributed by atoms with Gasteiger partial charge < -0.3 is 20.6 Å². The number of halogens is 1. The number of aromatic carboxylic acids is 1. The quantitative estimate of drug-likeness (QED) is 0.622. The molecule has 2 unspecified atom stereocenters. The van der Waals surface area contributed by atoms with Gasteiger partial charge >= 0.3 is 5.97 Å². The van der Waals surface area contributed by atoms with Crippen LogP contribution in [-0.2, 0) is 0 Å². The summed E-state index contributed by atoms with van der Waals surface area (Å²) in [6, 6.07) is 4.10. The monoisotopic (exact) mass is 273 g/mol. The smallest absolute Gasteiger partial charge is 0.336 e. The van der Waals surface area contributed by atoms with Crippen LogP contribution in [0.15, 0.2) is 18.2 Å². The Morgan fingerprint density at radius 3 is 2.67 bits per heavy atom. The summed E-state index contributed by atoms with van der Waals surface area (Å²) in [5.41, 5.74) is 0.0639. The second kappa shape index (κ2) is 6.70. The first-order valence-corrected chi connectivity index (χ1v) is 5.88. The second-order valence-electron chi connectivity index (χ2n) is 3.94. The zero-order valence-electron chi connectivity index (χ0n) is 9.93. The summed E-state index contributed by atoms with van der Waals surface area (Å²) < 4.78 is 0. The molecule has 18 heavy (non-hydrogen) atoms. The maximum absolute atomic E-state index is 11.0. The molecule has 5 nitrogen and oxygen atoms in total. The first kappa shape index (κ1) is 14.9. The summed E-state index contributed by atoms with van der Waals surface area (Å²) in [5, 5.41) is 31.9. The van der Waals surface area contributed by atoms with E-state index >= 15 is 0 Å². The minimum absolute atomic E-state index is 0.0598. The highest BCUT2D eigenvalue weighted by Crippen LogP contribution is 2.26. The van der Waals surface area contributed by atoms with Crippen LogP contribution in [0.1, 0.15) is 28.4 Å². The molecule has 0 aromatic heterocycles. The lowest BCUT2D eigenvalue weighted by Crippen LogP contribution is -2.24. The van der Waals surface area contributed by atoms with Crippen molar-refractivity contribution in [3.63, 3.8) is 0 Å². The summed E-state index contributed by atoms with van der Waals surface area (Å²) in [6.45, 7) is 0.515.